The Bertz CT molecular complexity index is 1130. The van der Waals surface area contributed by atoms with E-state index >= 15 is 0 Å². The number of rotatable bonds is 3. The van der Waals surface area contributed by atoms with Crippen molar-refractivity contribution in [1.82, 2.24) is 4.98 Å². The Morgan fingerprint density at radius 1 is 1.12 bits per heavy atom. The molecule has 0 bridgehead atoms. The third-order valence-corrected chi connectivity index (χ3v) is 4.33. The highest BCUT2D eigenvalue weighted by Gasteiger charge is 2.16. The first-order valence-electron chi connectivity index (χ1n) is 7.76. The molecule has 0 aliphatic carbocycles. The Labute approximate surface area is 143 Å². The Kier molecular flexibility index (Phi) is 3.42. The maximum absolute atomic E-state index is 13.7. The molecule has 0 amide bonds. The lowest BCUT2D eigenvalue weighted by molar-refractivity contribution is 0.103. The maximum atomic E-state index is 13.7. The summed E-state index contributed by atoms with van der Waals surface area (Å²) in [7, 11) is 1.61. The second-order valence-electron chi connectivity index (χ2n) is 5.83. The first kappa shape index (κ1) is 15.2. The van der Waals surface area contributed by atoms with Crippen molar-refractivity contribution in [3.8, 4) is 5.75 Å². The number of fused-ring (bicyclic) bond motifs is 3. The van der Waals surface area contributed by atoms with Crippen LogP contribution in [-0.4, -0.2) is 17.9 Å². The predicted molar refractivity (Wildman–Crippen MR) is 96.6 cm³/mol. The molecule has 5 heteroatoms. The molecule has 4 nitrogen and oxygen atoms in total. The van der Waals surface area contributed by atoms with Crippen molar-refractivity contribution < 1.29 is 13.9 Å². The molecule has 0 aliphatic heterocycles. The molecule has 124 valence electrons. The van der Waals surface area contributed by atoms with E-state index in [1.165, 1.54) is 12.1 Å². The number of carbonyl (C=O) groups is 1. The molecule has 0 unspecified atom stereocenters. The highest BCUT2D eigenvalue weighted by molar-refractivity contribution is 6.15. The SMILES string of the molecule is COc1cccc2ccc3[nH]c(C(=O)c4ccc(N)c(F)c4)cc3c12. The van der Waals surface area contributed by atoms with Crippen molar-refractivity contribution >= 4 is 33.1 Å². The fraction of sp³-hybridized carbons (Fsp3) is 0.0500. The molecule has 0 atom stereocenters. The molecule has 3 aromatic carbocycles. The topological polar surface area (TPSA) is 68.1 Å². The van der Waals surface area contributed by atoms with Gasteiger partial charge in [-0.3, -0.25) is 4.79 Å². The van der Waals surface area contributed by atoms with E-state index in [2.05, 4.69) is 4.98 Å². The molecule has 25 heavy (non-hydrogen) atoms. The number of halogens is 1. The zero-order valence-electron chi connectivity index (χ0n) is 13.5. The third kappa shape index (κ3) is 2.41. The summed E-state index contributed by atoms with van der Waals surface area (Å²) >= 11 is 0. The average molecular weight is 334 g/mol. The average Bonchev–Trinajstić information content (AvgIpc) is 3.07. The smallest absolute Gasteiger partial charge is 0.209 e. The number of anilines is 1. The second-order valence-corrected chi connectivity index (χ2v) is 5.83. The quantitative estimate of drug-likeness (QED) is 0.434. The summed E-state index contributed by atoms with van der Waals surface area (Å²) in [5.74, 6) is -0.160. The Balaban J connectivity index is 1.90. The molecular weight excluding hydrogens is 319 g/mol. The van der Waals surface area contributed by atoms with Gasteiger partial charge in [0.05, 0.1) is 18.5 Å². The van der Waals surface area contributed by atoms with Crippen LogP contribution in [0.3, 0.4) is 0 Å². The number of ketones is 1. The standard InChI is InChI=1S/C20H15FN2O2/c1-25-18-4-2-3-11-6-8-16-13(19(11)18)10-17(23-16)20(24)12-5-7-15(22)14(21)9-12/h2-10,23H,22H2,1H3. The number of nitrogens with two attached hydrogens (primary N) is 1. The summed E-state index contributed by atoms with van der Waals surface area (Å²) in [6.07, 6.45) is 0. The van der Waals surface area contributed by atoms with Crippen molar-refractivity contribution in [1.29, 1.82) is 0 Å². The van der Waals surface area contributed by atoms with Crippen molar-refractivity contribution in [2.45, 2.75) is 0 Å². The minimum absolute atomic E-state index is 0.0175. The molecule has 4 rings (SSSR count). The number of nitrogens with one attached hydrogen (secondary N) is 1. The molecule has 0 radical (unpaired) electrons. The van der Waals surface area contributed by atoms with Crippen LogP contribution in [0, 0.1) is 5.82 Å². The molecule has 0 aliphatic rings. The van der Waals surface area contributed by atoms with E-state index in [0.29, 0.717) is 5.69 Å². The van der Waals surface area contributed by atoms with E-state index in [-0.39, 0.29) is 17.0 Å². The summed E-state index contributed by atoms with van der Waals surface area (Å²) in [6.45, 7) is 0. The highest BCUT2D eigenvalue weighted by atomic mass is 19.1. The number of hydrogen-bond acceptors (Lipinski definition) is 3. The van der Waals surface area contributed by atoms with Crippen LogP contribution >= 0.6 is 0 Å². The number of H-pyrrole nitrogens is 1. The van der Waals surface area contributed by atoms with Gasteiger partial charge in [0.15, 0.2) is 0 Å². The van der Waals surface area contributed by atoms with E-state index in [4.69, 9.17) is 10.5 Å². The monoisotopic (exact) mass is 334 g/mol. The molecule has 0 fully saturated rings. The van der Waals surface area contributed by atoms with Gasteiger partial charge in [0.2, 0.25) is 5.78 Å². The van der Waals surface area contributed by atoms with Gasteiger partial charge in [0.1, 0.15) is 11.6 Å². The number of aromatic nitrogens is 1. The summed E-state index contributed by atoms with van der Waals surface area (Å²) in [5.41, 5.74) is 6.94. The summed E-state index contributed by atoms with van der Waals surface area (Å²) in [6, 6.07) is 15.5. The normalized spacial score (nSPS) is 11.1. The van der Waals surface area contributed by atoms with E-state index in [1.807, 2.05) is 30.3 Å². The molecule has 0 spiro atoms. The Morgan fingerprint density at radius 2 is 1.96 bits per heavy atom. The van der Waals surface area contributed by atoms with E-state index in [9.17, 15) is 9.18 Å². The molecular formula is C20H15FN2O2. The highest BCUT2D eigenvalue weighted by Crippen LogP contribution is 2.33. The number of methoxy groups -OCH3 is 1. The molecule has 1 aromatic heterocycles. The number of hydrogen-bond donors (Lipinski definition) is 2. The number of carbonyl (C=O) groups excluding carboxylic acids is 1. The Morgan fingerprint density at radius 3 is 2.72 bits per heavy atom. The fourth-order valence-corrected chi connectivity index (χ4v) is 3.07. The van der Waals surface area contributed by atoms with Crippen molar-refractivity contribution in [2.24, 2.45) is 0 Å². The van der Waals surface area contributed by atoms with Crippen molar-refractivity contribution in [2.75, 3.05) is 12.8 Å². The van der Waals surface area contributed by atoms with Crippen LogP contribution in [0.25, 0.3) is 21.7 Å². The van der Waals surface area contributed by atoms with Crippen LogP contribution in [0.1, 0.15) is 16.1 Å². The molecule has 3 N–H and O–H groups in total. The molecule has 1 heterocycles. The third-order valence-electron chi connectivity index (χ3n) is 4.33. The largest absolute Gasteiger partial charge is 0.496 e. The van der Waals surface area contributed by atoms with Gasteiger partial charge < -0.3 is 15.5 Å². The lowest BCUT2D eigenvalue weighted by Gasteiger charge is -2.06. The van der Waals surface area contributed by atoms with Gasteiger partial charge in [-0.2, -0.15) is 0 Å². The van der Waals surface area contributed by atoms with Crippen LogP contribution < -0.4 is 10.5 Å². The second kappa shape index (κ2) is 5.63. The minimum Gasteiger partial charge on any atom is -0.496 e. The van der Waals surface area contributed by atoms with Crippen LogP contribution in [0.15, 0.2) is 54.6 Å². The van der Waals surface area contributed by atoms with Gasteiger partial charge in [-0.05, 0) is 41.8 Å². The van der Waals surface area contributed by atoms with Gasteiger partial charge in [-0.25, -0.2) is 4.39 Å². The van der Waals surface area contributed by atoms with Gasteiger partial charge in [-0.15, -0.1) is 0 Å². The fourth-order valence-electron chi connectivity index (χ4n) is 3.07. The zero-order valence-corrected chi connectivity index (χ0v) is 13.5. The minimum atomic E-state index is -0.603. The van der Waals surface area contributed by atoms with E-state index in [0.717, 1.165) is 33.5 Å². The maximum Gasteiger partial charge on any atom is 0.209 e. The van der Waals surface area contributed by atoms with E-state index < -0.39 is 5.82 Å². The molecule has 4 aromatic rings. The van der Waals surface area contributed by atoms with Crippen LogP contribution in [0.4, 0.5) is 10.1 Å². The van der Waals surface area contributed by atoms with Crippen LogP contribution in [-0.2, 0) is 0 Å². The lowest BCUT2D eigenvalue weighted by atomic mass is 10.0. The lowest BCUT2D eigenvalue weighted by Crippen LogP contribution is -2.03. The summed E-state index contributed by atoms with van der Waals surface area (Å²) < 4.78 is 19.1. The predicted octanol–water partition coefficient (Wildman–Crippen LogP) is 4.28. The molecule has 0 saturated heterocycles. The zero-order chi connectivity index (χ0) is 17.6. The van der Waals surface area contributed by atoms with E-state index in [1.54, 1.807) is 13.2 Å². The first-order chi connectivity index (χ1) is 12.1. The first-order valence-corrected chi connectivity index (χ1v) is 7.76. The number of ether oxygens (including phenoxy) is 1. The van der Waals surface area contributed by atoms with Crippen molar-refractivity contribution in [3.63, 3.8) is 0 Å². The van der Waals surface area contributed by atoms with Gasteiger partial charge >= 0.3 is 0 Å². The van der Waals surface area contributed by atoms with Crippen molar-refractivity contribution in [3.05, 3.63) is 71.7 Å². The number of nitrogen functional groups attached to an aromatic ring is 1. The summed E-state index contributed by atoms with van der Waals surface area (Å²) in [4.78, 5) is 15.8. The van der Waals surface area contributed by atoms with Gasteiger partial charge in [0.25, 0.3) is 0 Å². The number of aromatic amines is 1. The van der Waals surface area contributed by atoms with Gasteiger partial charge in [0, 0.05) is 21.9 Å². The Hall–Kier alpha value is -3.34. The van der Waals surface area contributed by atoms with Gasteiger partial charge in [-0.1, -0.05) is 18.2 Å². The molecule has 0 saturated carbocycles. The van der Waals surface area contributed by atoms with Crippen LogP contribution in [0.2, 0.25) is 0 Å². The van der Waals surface area contributed by atoms with Crippen LogP contribution in [0.5, 0.6) is 5.75 Å². The number of benzene rings is 3. The summed E-state index contributed by atoms with van der Waals surface area (Å²) in [5, 5.41) is 2.83.